The smallest absolute Gasteiger partial charge is 0.407 e. The third-order valence-electron chi connectivity index (χ3n) is 14.5. The third kappa shape index (κ3) is 7.36. The number of phosphoric acid groups is 1. The molecule has 1 aliphatic heterocycles. The fourth-order valence-corrected chi connectivity index (χ4v) is 12.9. The van der Waals surface area contributed by atoms with Crippen molar-refractivity contribution < 1.29 is 56.6 Å². The predicted octanol–water partition coefficient (Wildman–Crippen LogP) is 4.17. The van der Waals surface area contributed by atoms with Gasteiger partial charge in [-0.25, -0.2) is 13.8 Å². The molecule has 0 bridgehead atoms. The van der Waals surface area contributed by atoms with Crippen molar-refractivity contribution in [2.45, 2.75) is 134 Å². The van der Waals surface area contributed by atoms with E-state index in [1.807, 2.05) is 39.9 Å². The summed E-state index contributed by atoms with van der Waals surface area (Å²) in [5, 5.41) is 43.7. The van der Waals surface area contributed by atoms with Gasteiger partial charge >= 0.3 is 13.5 Å². The van der Waals surface area contributed by atoms with Crippen LogP contribution in [0, 0.1) is 39.9 Å². The number of hydrogen-bond donors (Lipinski definition) is 4. The number of aromatic amines is 1. The summed E-state index contributed by atoms with van der Waals surface area (Å²) in [4.78, 5) is 53.8. The van der Waals surface area contributed by atoms with Gasteiger partial charge in [-0.15, -0.1) is 0 Å². The Labute approximate surface area is 343 Å². The molecule has 4 aliphatic carbocycles. The zero-order valence-electron chi connectivity index (χ0n) is 34.8. The molecular formula is C40H57FN3O13PSi. The number of aromatic nitrogens is 2. The molecule has 19 heteroatoms. The second-order valence-electron chi connectivity index (χ2n) is 18.7. The lowest BCUT2D eigenvalue weighted by Crippen LogP contribution is -2.69. The number of carbonyl (C=O) groups is 2. The van der Waals surface area contributed by atoms with Crippen molar-refractivity contribution in [3.05, 3.63) is 56.9 Å². The van der Waals surface area contributed by atoms with Gasteiger partial charge in [-0.1, -0.05) is 46.3 Å². The first-order valence-electron chi connectivity index (χ1n) is 20.1. The van der Waals surface area contributed by atoms with Crippen molar-refractivity contribution in [3.8, 4) is 6.07 Å². The molecule has 5 aliphatic rings. The molecule has 4 fully saturated rings. The van der Waals surface area contributed by atoms with Gasteiger partial charge < -0.3 is 24.5 Å². The van der Waals surface area contributed by atoms with Crippen LogP contribution in [-0.2, 0) is 36.9 Å². The quantitative estimate of drug-likeness (QED) is 0.124. The van der Waals surface area contributed by atoms with E-state index < -0.39 is 129 Å². The van der Waals surface area contributed by atoms with Gasteiger partial charge in [0, 0.05) is 29.0 Å². The van der Waals surface area contributed by atoms with Crippen molar-refractivity contribution >= 4 is 27.7 Å². The van der Waals surface area contributed by atoms with Gasteiger partial charge in [-0.05, 0) is 74.7 Å². The first-order valence-corrected chi connectivity index (χ1v) is 24.5. The van der Waals surface area contributed by atoms with Crippen LogP contribution < -0.4 is 11.2 Å². The average molecular weight is 866 g/mol. The van der Waals surface area contributed by atoms with E-state index >= 15 is 4.39 Å². The lowest BCUT2D eigenvalue weighted by molar-refractivity contribution is -0.219. The molecule has 1 aromatic heterocycles. The van der Waals surface area contributed by atoms with Crippen molar-refractivity contribution in [2.75, 3.05) is 19.8 Å². The largest absolute Gasteiger partial charge is 0.475 e. The lowest BCUT2D eigenvalue weighted by Gasteiger charge is -2.62. The second-order valence-corrected chi connectivity index (χ2v) is 25.1. The van der Waals surface area contributed by atoms with Gasteiger partial charge in [0.1, 0.15) is 30.5 Å². The minimum absolute atomic E-state index is 0.224. The summed E-state index contributed by atoms with van der Waals surface area (Å²) < 4.78 is 63.6. The highest BCUT2D eigenvalue weighted by Crippen LogP contribution is 2.71. The zero-order chi connectivity index (χ0) is 43.7. The lowest BCUT2D eigenvalue weighted by atomic mass is 9.44. The van der Waals surface area contributed by atoms with Gasteiger partial charge in [-0.3, -0.25) is 37.5 Å². The number of Topliss-reactive ketones (excluding diaryl/α,β-unsaturated/α-hetero) is 1. The third-order valence-corrected chi connectivity index (χ3v) is 20.5. The van der Waals surface area contributed by atoms with Crippen molar-refractivity contribution in [3.63, 3.8) is 0 Å². The number of carbonyl (C=O) groups excluding carboxylic acids is 2. The number of rotatable bonds is 13. The Hall–Kier alpha value is -2.95. The molecule has 0 aromatic carbocycles. The molecule has 4 N–H and O–H groups in total. The summed E-state index contributed by atoms with van der Waals surface area (Å²) in [5.41, 5.74) is -7.99. The van der Waals surface area contributed by atoms with Gasteiger partial charge in [0.05, 0.1) is 31.8 Å². The first kappa shape index (κ1) is 45.6. The number of nitrogens with one attached hydrogen (secondary N) is 1. The van der Waals surface area contributed by atoms with E-state index in [1.54, 1.807) is 20.8 Å². The zero-order valence-corrected chi connectivity index (χ0v) is 36.7. The van der Waals surface area contributed by atoms with Crippen molar-refractivity contribution in [1.82, 2.24) is 9.55 Å². The molecule has 326 valence electrons. The minimum Gasteiger partial charge on any atom is -0.407 e. The highest BCUT2D eigenvalue weighted by atomic mass is 31.2. The van der Waals surface area contributed by atoms with Gasteiger partial charge in [0.2, 0.25) is 0 Å². The fourth-order valence-electron chi connectivity index (χ4n) is 10.3. The average Bonchev–Trinajstić information content (AvgIpc) is 3.57. The number of nitrogens with zero attached hydrogens (tertiary/aromatic N) is 2. The molecule has 0 amide bonds. The molecule has 6 rings (SSSR count). The van der Waals surface area contributed by atoms with Crippen molar-refractivity contribution in [1.29, 1.82) is 5.26 Å². The molecule has 1 aromatic rings. The molecule has 1 saturated heterocycles. The van der Waals surface area contributed by atoms with E-state index in [0.29, 0.717) is 12.0 Å². The van der Waals surface area contributed by atoms with Crippen LogP contribution in [-0.4, -0.2) is 100 Å². The van der Waals surface area contributed by atoms with Crippen LogP contribution in [0.5, 0.6) is 0 Å². The molecular weight excluding hydrogens is 809 g/mol. The Morgan fingerprint density at radius 3 is 2.51 bits per heavy atom. The van der Waals surface area contributed by atoms with Crippen LogP contribution in [0.15, 0.2) is 45.7 Å². The normalized spacial score (nSPS) is 39.1. The van der Waals surface area contributed by atoms with Crippen LogP contribution in [0.2, 0.25) is 18.1 Å². The molecule has 1 unspecified atom stereocenters. The number of H-pyrrole nitrogens is 1. The Kier molecular flexibility index (Phi) is 12.2. The van der Waals surface area contributed by atoms with Crippen LogP contribution >= 0.6 is 7.82 Å². The highest BCUT2D eigenvalue weighted by molar-refractivity contribution is 7.48. The Balaban J connectivity index is 1.30. The number of alkyl halides is 1. The second kappa shape index (κ2) is 15.7. The van der Waals surface area contributed by atoms with Gasteiger partial charge in [0.15, 0.2) is 31.8 Å². The molecule has 16 nitrogen and oxygen atoms in total. The minimum atomic E-state index is -4.94. The Bertz CT molecular complexity index is 2110. The number of ether oxygens (including phenoxy) is 1. The number of hydrogen-bond acceptors (Lipinski definition) is 14. The number of halogens is 1. The van der Waals surface area contributed by atoms with E-state index in [2.05, 4.69) is 4.98 Å². The first-order chi connectivity index (χ1) is 27.3. The SMILES string of the molecule is C[C@@H]1C[C@H]2[C@@H]3CCC4=CC(=O)C=C[C@]4(C)[C@@]3(F)[C@@H](O)C[C@]2(C)[C@@]1(O)C(=O)COP(=O)(OCCC#N)O[C@H]1[C@@H](O[Si](C)(C)C(C)(C)C)[C@H](n2ccc(=O)[nH]c2=O)O[C@@H]1CO. The summed E-state index contributed by atoms with van der Waals surface area (Å²) in [6.45, 7) is 12.4. The van der Waals surface area contributed by atoms with Crippen molar-refractivity contribution in [2.24, 2.45) is 28.6 Å². The van der Waals surface area contributed by atoms with Crippen LogP contribution in [0.1, 0.15) is 79.9 Å². The summed E-state index contributed by atoms with van der Waals surface area (Å²) in [5.74, 6) is -3.31. The number of fused-ring (bicyclic) bond motifs is 5. The Morgan fingerprint density at radius 2 is 1.88 bits per heavy atom. The fraction of sp³-hybridized carbons (Fsp3) is 0.725. The van der Waals surface area contributed by atoms with E-state index in [1.165, 1.54) is 24.4 Å². The number of nitriles is 1. The van der Waals surface area contributed by atoms with E-state index in [-0.39, 0.29) is 31.5 Å². The molecule has 0 radical (unpaired) electrons. The van der Waals surface area contributed by atoms with E-state index in [9.17, 15) is 44.3 Å². The van der Waals surface area contributed by atoms with Crippen LogP contribution in [0.25, 0.3) is 0 Å². The summed E-state index contributed by atoms with van der Waals surface area (Å²) in [6.07, 6.45) is -1.22. The Morgan fingerprint density at radius 1 is 1.19 bits per heavy atom. The summed E-state index contributed by atoms with van der Waals surface area (Å²) in [7, 11) is -7.75. The van der Waals surface area contributed by atoms with E-state index in [4.69, 9.17) is 22.7 Å². The van der Waals surface area contributed by atoms with Crippen LogP contribution in [0.4, 0.5) is 4.39 Å². The number of aliphatic hydroxyl groups excluding tert-OH is 2. The van der Waals surface area contributed by atoms with E-state index in [0.717, 1.165) is 10.6 Å². The summed E-state index contributed by atoms with van der Waals surface area (Å²) >= 11 is 0. The van der Waals surface area contributed by atoms with Crippen LogP contribution in [0.3, 0.4) is 0 Å². The standard InChI is InChI=1S/C40H57FN3O13PSi/c1-23-18-27-26-11-10-24-19-25(46)12-14-37(24,5)39(26,41)29(47)20-38(27,6)40(23,51)30(48)22-54-58(52,53-17-9-15-42)56-32-28(21-45)55-34(44-16-13-31(49)43-35(44)50)33(32)57-59(7,8)36(2,3)4/h12-14,16,19,23,26-29,32-34,45,47,51H,9-11,17-18,20-22H2,1-8H3,(H,43,49,50)/t23-,26+,27+,28-,29+,32-,33-,34-,37+,38+,39+,40+,58?/m1/s1. The maximum Gasteiger partial charge on any atom is 0.475 e. The number of aliphatic hydroxyl groups is 3. The molecule has 59 heavy (non-hydrogen) atoms. The molecule has 0 spiro atoms. The number of allylic oxidation sites excluding steroid dienone is 4. The maximum absolute atomic E-state index is 17.7. The molecule has 2 heterocycles. The monoisotopic (exact) mass is 865 g/mol. The highest BCUT2D eigenvalue weighted by Gasteiger charge is 2.75. The van der Waals surface area contributed by atoms with Gasteiger partial charge in [-0.2, -0.15) is 5.26 Å². The molecule has 3 saturated carbocycles. The maximum atomic E-state index is 17.7. The number of phosphoric ester groups is 1. The van der Waals surface area contributed by atoms with Gasteiger partial charge in [0.25, 0.3) is 5.56 Å². The predicted molar refractivity (Wildman–Crippen MR) is 212 cm³/mol. The number of ketones is 2. The topological polar surface area (TPSA) is 237 Å². The summed E-state index contributed by atoms with van der Waals surface area (Å²) in [6, 6.07) is 2.96. The molecule has 13 atom stereocenters.